The van der Waals surface area contributed by atoms with E-state index in [1.165, 1.54) is 218 Å². The zero-order valence-electron chi connectivity index (χ0n) is 55.2. The van der Waals surface area contributed by atoms with Crippen LogP contribution < -0.4 is 0 Å². The van der Waals surface area contributed by atoms with Crippen LogP contribution in [0.25, 0.3) is 0 Å². The van der Waals surface area contributed by atoms with Crippen molar-refractivity contribution in [2.45, 2.75) is 374 Å². The topological polar surface area (TPSA) is 78.9 Å². The molecule has 0 saturated carbocycles. The summed E-state index contributed by atoms with van der Waals surface area (Å²) in [5.41, 5.74) is 0. The summed E-state index contributed by atoms with van der Waals surface area (Å²) in [5, 5.41) is 0. The lowest BCUT2D eigenvalue weighted by Crippen LogP contribution is -2.30. The van der Waals surface area contributed by atoms with E-state index in [9.17, 15) is 14.4 Å². The lowest BCUT2D eigenvalue weighted by atomic mass is 10.0. The van der Waals surface area contributed by atoms with Crippen LogP contribution in [0.1, 0.15) is 367 Å². The number of esters is 3. The van der Waals surface area contributed by atoms with E-state index in [4.69, 9.17) is 14.2 Å². The van der Waals surface area contributed by atoms with E-state index in [1.807, 2.05) is 0 Å². The number of carbonyl (C=O) groups is 3. The van der Waals surface area contributed by atoms with Gasteiger partial charge in [-0.3, -0.25) is 14.4 Å². The first kappa shape index (κ1) is 79.6. The summed E-state index contributed by atoms with van der Waals surface area (Å²) >= 11 is 0. The first-order chi connectivity index (χ1) is 41.0. The molecule has 0 bridgehead atoms. The van der Waals surface area contributed by atoms with E-state index < -0.39 is 6.10 Å². The number of allylic oxidation sites excluding steroid dienone is 14. The third kappa shape index (κ3) is 69.3. The fourth-order valence-corrected chi connectivity index (χ4v) is 10.6. The summed E-state index contributed by atoms with van der Waals surface area (Å²) in [5.74, 6) is -0.861. The molecule has 6 nitrogen and oxygen atoms in total. The van der Waals surface area contributed by atoms with Crippen molar-refractivity contribution in [3.8, 4) is 0 Å². The number of hydrogen-bond acceptors (Lipinski definition) is 6. The standard InChI is InChI=1S/C77H136O6/c1-4-7-10-13-16-19-22-25-28-31-33-34-35-36-37-38-39-40-41-42-44-46-49-52-55-58-61-64-67-70-76(79)82-73-74(72-81-75(78)69-66-63-60-57-54-51-48-45-30-27-24-21-18-15-12-9-6-3)83-77(80)71-68-65-62-59-56-53-50-47-43-32-29-26-23-20-17-14-11-8-5-2/h7,9-10,12,16,18-19,21,25,27-28,30,33-34,74H,4-6,8,11,13-15,17,20,22-24,26,29,31-32,35-73H2,1-3H3/b10-7-,12-9-,19-16-,21-18-,28-25-,30-27-,34-33-. The van der Waals surface area contributed by atoms with Gasteiger partial charge in [0.15, 0.2) is 6.10 Å². The predicted molar refractivity (Wildman–Crippen MR) is 362 cm³/mol. The molecule has 0 aliphatic carbocycles. The smallest absolute Gasteiger partial charge is 0.306 e. The van der Waals surface area contributed by atoms with Gasteiger partial charge < -0.3 is 14.2 Å². The zero-order valence-corrected chi connectivity index (χ0v) is 55.2. The van der Waals surface area contributed by atoms with Crippen LogP contribution >= 0.6 is 0 Å². The second-order valence-electron chi connectivity index (χ2n) is 24.1. The summed E-state index contributed by atoms with van der Waals surface area (Å²) in [6.07, 6.45) is 94.7. The van der Waals surface area contributed by atoms with Gasteiger partial charge in [0, 0.05) is 19.3 Å². The number of carbonyl (C=O) groups excluding carboxylic acids is 3. The van der Waals surface area contributed by atoms with Gasteiger partial charge in [-0.25, -0.2) is 0 Å². The molecule has 0 aromatic carbocycles. The molecule has 0 radical (unpaired) electrons. The minimum atomic E-state index is -0.780. The molecule has 0 fully saturated rings. The molecule has 1 unspecified atom stereocenters. The molecule has 0 aliphatic heterocycles. The molecule has 0 rings (SSSR count). The van der Waals surface area contributed by atoms with Crippen LogP contribution in [0.5, 0.6) is 0 Å². The Kier molecular flexibility index (Phi) is 68.2. The highest BCUT2D eigenvalue weighted by atomic mass is 16.6. The Bertz CT molecular complexity index is 1570. The van der Waals surface area contributed by atoms with Crippen LogP contribution in [0.2, 0.25) is 0 Å². The Morgan fingerprint density at radius 1 is 0.253 bits per heavy atom. The van der Waals surface area contributed by atoms with Crippen molar-refractivity contribution in [1.82, 2.24) is 0 Å². The van der Waals surface area contributed by atoms with Crippen molar-refractivity contribution in [2.75, 3.05) is 13.2 Å². The van der Waals surface area contributed by atoms with Gasteiger partial charge in [-0.2, -0.15) is 0 Å². The van der Waals surface area contributed by atoms with E-state index >= 15 is 0 Å². The lowest BCUT2D eigenvalue weighted by molar-refractivity contribution is -0.167. The summed E-state index contributed by atoms with van der Waals surface area (Å²) in [4.78, 5) is 38.5. The average molecular weight is 1160 g/mol. The van der Waals surface area contributed by atoms with Gasteiger partial charge in [-0.15, -0.1) is 0 Å². The molecule has 83 heavy (non-hydrogen) atoms. The maximum absolute atomic E-state index is 13.0. The van der Waals surface area contributed by atoms with Crippen molar-refractivity contribution < 1.29 is 28.6 Å². The van der Waals surface area contributed by atoms with Crippen molar-refractivity contribution in [2.24, 2.45) is 0 Å². The van der Waals surface area contributed by atoms with E-state index in [0.717, 1.165) is 109 Å². The largest absolute Gasteiger partial charge is 0.462 e. The Morgan fingerprint density at radius 3 is 0.735 bits per heavy atom. The Morgan fingerprint density at radius 2 is 0.470 bits per heavy atom. The van der Waals surface area contributed by atoms with Gasteiger partial charge in [0.25, 0.3) is 0 Å². The fraction of sp³-hybridized carbons (Fsp3) is 0.779. The van der Waals surface area contributed by atoms with Gasteiger partial charge in [-0.05, 0) is 89.9 Å². The average Bonchev–Trinajstić information content (AvgIpc) is 3.49. The minimum absolute atomic E-state index is 0.0748. The van der Waals surface area contributed by atoms with Crippen molar-refractivity contribution in [1.29, 1.82) is 0 Å². The van der Waals surface area contributed by atoms with Crippen molar-refractivity contribution in [3.63, 3.8) is 0 Å². The normalized spacial score (nSPS) is 12.6. The molecule has 1 atom stereocenters. The lowest BCUT2D eigenvalue weighted by Gasteiger charge is -2.18. The molecule has 0 N–H and O–H groups in total. The highest BCUT2D eigenvalue weighted by molar-refractivity contribution is 5.71. The third-order valence-corrected chi connectivity index (χ3v) is 15.9. The van der Waals surface area contributed by atoms with Crippen LogP contribution in [0.3, 0.4) is 0 Å². The first-order valence-corrected chi connectivity index (χ1v) is 36.1. The highest BCUT2D eigenvalue weighted by Gasteiger charge is 2.19. The monoisotopic (exact) mass is 1160 g/mol. The quantitative estimate of drug-likeness (QED) is 0.0261. The Balaban J connectivity index is 4.27. The second kappa shape index (κ2) is 71.1. The van der Waals surface area contributed by atoms with Crippen LogP contribution in [0.4, 0.5) is 0 Å². The van der Waals surface area contributed by atoms with Gasteiger partial charge in [0.05, 0.1) is 0 Å². The highest BCUT2D eigenvalue weighted by Crippen LogP contribution is 2.18. The van der Waals surface area contributed by atoms with Gasteiger partial charge >= 0.3 is 17.9 Å². The van der Waals surface area contributed by atoms with E-state index in [2.05, 4.69) is 106 Å². The molecule has 0 spiro atoms. The maximum atomic E-state index is 13.0. The van der Waals surface area contributed by atoms with E-state index in [-0.39, 0.29) is 31.1 Å². The van der Waals surface area contributed by atoms with E-state index in [1.54, 1.807) is 0 Å². The molecule has 6 heteroatoms. The molecule has 0 saturated heterocycles. The minimum Gasteiger partial charge on any atom is -0.462 e. The molecule has 0 amide bonds. The fourth-order valence-electron chi connectivity index (χ4n) is 10.6. The Labute approximate surface area is 515 Å². The van der Waals surface area contributed by atoms with Crippen molar-refractivity contribution >= 4 is 17.9 Å². The van der Waals surface area contributed by atoms with Crippen molar-refractivity contribution in [3.05, 3.63) is 85.1 Å². The van der Waals surface area contributed by atoms with Crippen LogP contribution in [-0.2, 0) is 28.6 Å². The number of unbranched alkanes of at least 4 members (excludes halogenated alkanes) is 41. The second-order valence-corrected chi connectivity index (χ2v) is 24.1. The molecule has 0 aromatic rings. The maximum Gasteiger partial charge on any atom is 0.306 e. The third-order valence-electron chi connectivity index (χ3n) is 15.9. The van der Waals surface area contributed by atoms with Gasteiger partial charge in [0.1, 0.15) is 13.2 Å². The Hall–Kier alpha value is -3.41. The molecule has 480 valence electrons. The summed E-state index contributed by atoms with van der Waals surface area (Å²) in [7, 11) is 0. The number of ether oxygens (including phenoxy) is 3. The van der Waals surface area contributed by atoms with Crippen LogP contribution in [0, 0.1) is 0 Å². The van der Waals surface area contributed by atoms with Crippen LogP contribution in [-0.4, -0.2) is 37.2 Å². The molecule has 0 heterocycles. The first-order valence-electron chi connectivity index (χ1n) is 36.1. The van der Waals surface area contributed by atoms with Gasteiger partial charge in [0.2, 0.25) is 0 Å². The molecule has 0 aromatic heterocycles. The number of rotatable bonds is 66. The summed E-state index contributed by atoms with van der Waals surface area (Å²) in [6.45, 7) is 6.47. The zero-order chi connectivity index (χ0) is 59.9. The summed E-state index contributed by atoms with van der Waals surface area (Å²) in [6, 6.07) is 0. The predicted octanol–water partition coefficient (Wildman–Crippen LogP) is 25.0. The SMILES string of the molecule is CC/C=C\C/C=C\C/C=C\C/C=C\CCCCCCCCCCCCCCCCCCC(=O)OCC(COC(=O)CCCCCCCCC/C=C\C/C=C\C/C=C\CC)OC(=O)CCCCCCCCCCCCCCCCCCCCC. The summed E-state index contributed by atoms with van der Waals surface area (Å²) < 4.78 is 17.0. The molecular weight excluding hydrogens is 1020 g/mol. The molecule has 0 aliphatic rings. The van der Waals surface area contributed by atoms with Crippen LogP contribution in [0.15, 0.2) is 85.1 Å². The van der Waals surface area contributed by atoms with E-state index in [0.29, 0.717) is 19.3 Å². The van der Waals surface area contributed by atoms with Gasteiger partial charge in [-0.1, -0.05) is 343 Å². The number of hydrogen-bond donors (Lipinski definition) is 0. The molecular formula is C77H136O6.